The molecule has 1 aliphatic heterocycles. The second-order valence-electron chi connectivity index (χ2n) is 7.75. The van der Waals surface area contributed by atoms with E-state index in [1.165, 1.54) is 0 Å². The molecule has 0 atom stereocenters. The van der Waals surface area contributed by atoms with Crippen LogP contribution in [0.15, 0.2) is 17.0 Å². The number of benzene rings is 1. The van der Waals surface area contributed by atoms with Gasteiger partial charge in [0.1, 0.15) is 12.3 Å². The van der Waals surface area contributed by atoms with Gasteiger partial charge in [0.25, 0.3) is 11.1 Å². The smallest absolute Gasteiger partial charge is 0.294 e. The molecule has 0 bridgehead atoms. The number of thioether (sulfide) groups is 1. The first-order valence-corrected chi connectivity index (χ1v) is 11.3. The normalized spacial score (nSPS) is 15.4. The predicted molar refractivity (Wildman–Crippen MR) is 122 cm³/mol. The van der Waals surface area contributed by atoms with Crippen molar-refractivity contribution < 1.29 is 19.1 Å². The molecule has 1 heterocycles. The van der Waals surface area contributed by atoms with E-state index >= 15 is 0 Å². The van der Waals surface area contributed by atoms with Crippen molar-refractivity contribution in [3.05, 3.63) is 33.7 Å². The third-order valence-electron chi connectivity index (χ3n) is 5.03. The van der Waals surface area contributed by atoms with Crippen molar-refractivity contribution in [2.24, 2.45) is 0 Å². The van der Waals surface area contributed by atoms with Crippen molar-refractivity contribution >= 4 is 34.9 Å². The summed E-state index contributed by atoms with van der Waals surface area (Å²) in [6, 6.07) is 3.95. The van der Waals surface area contributed by atoms with Crippen LogP contribution in [0.4, 0.5) is 4.79 Å². The lowest BCUT2D eigenvalue weighted by Crippen LogP contribution is -2.42. The maximum absolute atomic E-state index is 12.9. The molecule has 0 spiro atoms. The van der Waals surface area contributed by atoms with Crippen LogP contribution in [0.1, 0.15) is 63.1 Å². The zero-order valence-corrected chi connectivity index (χ0v) is 19.6. The Kier molecular flexibility index (Phi) is 8.53. The molecule has 30 heavy (non-hydrogen) atoms. The van der Waals surface area contributed by atoms with E-state index in [2.05, 4.69) is 13.8 Å². The average molecular weight is 433 g/mol. The summed E-state index contributed by atoms with van der Waals surface area (Å²) in [5, 5.41) is -0.400. The molecule has 0 N–H and O–H groups in total. The van der Waals surface area contributed by atoms with Crippen LogP contribution in [0.2, 0.25) is 0 Å². The molecule has 1 aliphatic rings. The molecule has 0 unspecified atom stereocenters. The van der Waals surface area contributed by atoms with Gasteiger partial charge in [-0.15, -0.1) is 0 Å². The molecule has 1 saturated heterocycles. The molecule has 164 valence electrons. The monoisotopic (exact) mass is 432 g/mol. The van der Waals surface area contributed by atoms with Crippen LogP contribution in [0.3, 0.4) is 0 Å². The van der Waals surface area contributed by atoms with Crippen LogP contribution in [-0.4, -0.2) is 53.6 Å². The molecule has 0 aromatic heterocycles. The van der Waals surface area contributed by atoms with E-state index in [1.807, 2.05) is 32.9 Å². The van der Waals surface area contributed by atoms with E-state index < -0.39 is 11.1 Å². The molecule has 7 heteroatoms. The van der Waals surface area contributed by atoms with Gasteiger partial charge in [-0.05, 0) is 72.3 Å². The van der Waals surface area contributed by atoms with Crippen molar-refractivity contribution in [2.75, 3.05) is 26.7 Å². The molecule has 1 fully saturated rings. The summed E-state index contributed by atoms with van der Waals surface area (Å²) in [5.41, 5.74) is 2.87. The van der Waals surface area contributed by atoms with E-state index in [9.17, 15) is 14.4 Å². The molecule has 0 radical (unpaired) electrons. The van der Waals surface area contributed by atoms with Gasteiger partial charge in [-0.25, -0.2) is 0 Å². The molecular formula is C23H32N2O4S. The number of ether oxygens (including phenoxy) is 1. The van der Waals surface area contributed by atoms with E-state index in [0.717, 1.165) is 51.9 Å². The Morgan fingerprint density at radius 2 is 1.83 bits per heavy atom. The zero-order valence-electron chi connectivity index (χ0n) is 18.8. The van der Waals surface area contributed by atoms with Gasteiger partial charge in [0, 0.05) is 13.1 Å². The van der Waals surface area contributed by atoms with Gasteiger partial charge in [0.05, 0.1) is 12.0 Å². The zero-order chi connectivity index (χ0) is 22.4. The third-order valence-corrected chi connectivity index (χ3v) is 5.94. The highest BCUT2D eigenvalue weighted by Crippen LogP contribution is 2.35. The first-order valence-electron chi connectivity index (χ1n) is 10.4. The number of aryl methyl sites for hydroxylation is 1. The van der Waals surface area contributed by atoms with Gasteiger partial charge in [-0.2, -0.15) is 0 Å². The number of rotatable bonds is 9. The Morgan fingerprint density at radius 1 is 1.20 bits per heavy atom. The van der Waals surface area contributed by atoms with Crippen LogP contribution >= 0.6 is 11.8 Å². The Labute approximate surface area is 183 Å². The van der Waals surface area contributed by atoms with Crippen molar-refractivity contribution in [3.8, 4) is 5.75 Å². The molecule has 1 aromatic carbocycles. The SMILES string of the molecule is CCCN(CCC)C(=O)CN1C(=O)S/C(=C\c2cc(C(C)C)c(OC)cc2C)C1=O. The number of hydrogen-bond acceptors (Lipinski definition) is 5. The minimum atomic E-state index is -0.410. The van der Waals surface area contributed by atoms with E-state index in [1.54, 1.807) is 18.1 Å². The van der Waals surface area contributed by atoms with Crippen molar-refractivity contribution in [3.63, 3.8) is 0 Å². The number of carbonyl (C=O) groups is 3. The van der Waals surface area contributed by atoms with E-state index in [-0.39, 0.29) is 18.4 Å². The van der Waals surface area contributed by atoms with Crippen LogP contribution in [-0.2, 0) is 9.59 Å². The number of hydrogen-bond donors (Lipinski definition) is 0. The van der Waals surface area contributed by atoms with Crippen LogP contribution < -0.4 is 4.74 Å². The summed E-state index contributed by atoms with van der Waals surface area (Å²) < 4.78 is 5.48. The van der Waals surface area contributed by atoms with Crippen LogP contribution in [0, 0.1) is 6.92 Å². The van der Waals surface area contributed by atoms with Crippen molar-refractivity contribution in [1.82, 2.24) is 9.80 Å². The molecule has 1 aromatic rings. The van der Waals surface area contributed by atoms with Gasteiger partial charge in [0.2, 0.25) is 5.91 Å². The summed E-state index contributed by atoms with van der Waals surface area (Å²) in [7, 11) is 1.64. The van der Waals surface area contributed by atoms with Gasteiger partial charge in [-0.3, -0.25) is 19.3 Å². The van der Waals surface area contributed by atoms with E-state index in [0.29, 0.717) is 18.0 Å². The summed E-state index contributed by atoms with van der Waals surface area (Å²) in [4.78, 5) is 41.1. The predicted octanol–water partition coefficient (Wildman–Crippen LogP) is 4.81. The van der Waals surface area contributed by atoms with Gasteiger partial charge in [-0.1, -0.05) is 27.7 Å². The molecule has 0 aliphatic carbocycles. The standard InChI is InChI=1S/C23H32N2O4S/c1-7-9-24(10-8-2)21(26)14-25-22(27)20(30-23(25)28)13-17-12-18(15(3)4)19(29-6)11-16(17)5/h11-13,15H,7-10,14H2,1-6H3/b20-13-. The van der Waals surface area contributed by atoms with Gasteiger partial charge >= 0.3 is 0 Å². The van der Waals surface area contributed by atoms with Gasteiger partial charge < -0.3 is 9.64 Å². The average Bonchev–Trinajstić information content (AvgIpc) is 2.96. The lowest BCUT2D eigenvalue weighted by atomic mass is 9.96. The summed E-state index contributed by atoms with van der Waals surface area (Å²) in [5.74, 6) is 0.464. The van der Waals surface area contributed by atoms with Crippen LogP contribution in [0.5, 0.6) is 5.75 Å². The lowest BCUT2D eigenvalue weighted by Gasteiger charge is -2.23. The Bertz CT molecular complexity index is 842. The molecule has 3 amide bonds. The highest BCUT2D eigenvalue weighted by molar-refractivity contribution is 8.18. The highest BCUT2D eigenvalue weighted by Gasteiger charge is 2.37. The second-order valence-corrected chi connectivity index (χ2v) is 8.75. The number of nitrogens with zero attached hydrogens (tertiary/aromatic N) is 2. The Hall–Kier alpha value is -2.28. The largest absolute Gasteiger partial charge is 0.496 e. The Balaban J connectivity index is 2.26. The fourth-order valence-electron chi connectivity index (χ4n) is 3.41. The second kappa shape index (κ2) is 10.7. The maximum Gasteiger partial charge on any atom is 0.294 e. The first kappa shape index (κ1) is 24.0. The third kappa shape index (κ3) is 5.45. The minimum Gasteiger partial charge on any atom is -0.496 e. The highest BCUT2D eigenvalue weighted by atomic mass is 32.2. The summed E-state index contributed by atoms with van der Waals surface area (Å²) >= 11 is 0.887. The first-order chi connectivity index (χ1) is 14.2. The Morgan fingerprint density at radius 3 is 2.37 bits per heavy atom. The molecular weight excluding hydrogens is 400 g/mol. The quantitative estimate of drug-likeness (QED) is 0.524. The number of amides is 3. The molecule has 6 nitrogen and oxygen atoms in total. The number of methoxy groups -OCH3 is 1. The fraction of sp³-hybridized carbons (Fsp3) is 0.522. The van der Waals surface area contributed by atoms with Gasteiger partial charge in [0.15, 0.2) is 0 Å². The lowest BCUT2D eigenvalue weighted by molar-refractivity contribution is -0.135. The summed E-state index contributed by atoms with van der Waals surface area (Å²) in [6.07, 6.45) is 3.41. The summed E-state index contributed by atoms with van der Waals surface area (Å²) in [6.45, 7) is 11.1. The molecule has 0 saturated carbocycles. The van der Waals surface area contributed by atoms with Crippen molar-refractivity contribution in [2.45, 2.75) is 53.4 Å². The van der Waals surface area contributed by atoms with Crippen LogP contribution in [0.25, 0.3) is 6.08 Å². The topological polar surface area (TPSA) is 66.9 Å². The fourth-order valence-corrected chi connectivity index (χ4v) is 4.24. The minimum absolute atomic E-state index is 0.190. The number of carbonyl (C=O) groups excluding carboxylic acids is 3. The molecule has 2 rings (SSSR count). The van der Waals surface area contributed by atoms with Crippen molar-refractivity contribution in [1.29, 1.82) is 0 Å². The number of imide groups is 1. The maximum atomic E-state index is 12.9. The van der Waals surface area contributed by atoms with E-state index in [4.69, 9.17) is 4.74 Å².